The first-order valence-electron chi connectivity index (χ1n) is 5.40. The Bertz CT molecular complexity index is 543. The van der Waals surface area contributed by atoms with Crippen LogP contribution in [0.25, 0.3) is 0 Å². The van der Waals surface area contributed by atoms with Crippen molar-refractivity contribution in [1.29, 1.82) is 0 Å². The average Bonchev–Trinajstić information content (AvgIpc) is 2.34. The summed E-state index contributed by atoms with van der Waals surface area (Å²) in [6.07, 6.45) is 1.59. The van der Waals surface area contributed by atoms with Gasteiger partial charge in [-0.3, -0.25) is 4.98 Å². The second-order valence-corrected chi connectivity index (χ2v) is 4.74. The van der Waals surface area contributed by atoms with Gasteiger partial charge in [0.15, 0.2) is 0 Å². The molecule has 0 aliphatic heterocycles. The molecular weight excluding hydrogens is 299 g/mol. The lowest BCUT2D eigenvalue weighted by Gasteiger charge is -2.08. The first-order valence-corrected chi connectivity index (χ1v) is 6.20. The van der Waals surface area contributed by atoms with E-state index in [1.165, 1.54) is 6.07 Å². The van der Waals surface area contributed by atoms with E-state index < -0.39 is 0 Å². The molecule has 0 aliphatic rings. The quantitative estimate of drug-likeness (QED) is 0.938. The van der Waals surface area contributed by atoms with E-state index in [2.05, 4.69) is 20.9 Å². The lowest BCUT2D eigenvalue weighted by atomic mass is 10.2. The Morgan fingerprint density at radius 1 is 1.28 bits per heavy atom. The molecule has 0 saturated heterocycles. The normalized spacial score (nSPS) is 12.2. The van der Waals surface area contributed by atoms with Crippen LogP contribution in [0.1, 0.15) is 18.7 Å². The third-order valence-electron chi connectivity index (χ3n) is 2.35. The summed E-state index contributed by atoms with van der Waals surface area (Å²) in [6.45, 7) is 1.86. The van der Waals surface area contributed by atoms with Crippen molar-refractivity contribution in [2.45, 2.75) is 13.0 Å². The molecule has 1 heterocycles. The Morgan fingerprint density at radius 2 is 2.00 bits per heavy atom. The summed E-state index contributed by atoms with van der Waals surface area (Å²) in [5.74, 6) is 0.796. The van der Waals surface area contributed by atoms with Gasteiger partial charge >= 0.3 is 0 Å². The van der Waals surface area contributed by atoms with Crippen LogP contribution in [0.2, 0.25) is 0 Å². The molecule has 2 N–H and O–H groups in total. The highest BCUT2D eigenvalue weighted by atomic mass is 79.9. The fourth-order valence-electron chi connectivity index (χ4n) is 1.40. The molecule has 0 amide bonds. The number of halogens is 2. The molecule has 0 radical (unpaired) electrons. The minimum absolute atomic E-state index is 0.112. The van der Waals surface area contributed by atoms with Gasteiger partial charge in [-0.25, -0.2) is 4.39 Å². The molecule has 0 saturated carbocycles. The van der Waals surface area contributed by atoms with Crippen molar-refractivity contribution in [3.05, 3.63) is 52.5 Å². The fourth-order valence-corrected chi connectivity index (χ4v) is 1.76. The van der Waals surface area contributed by atoms with Gasteiger partial charge in [-0.05, 0) is 53.2 Å². The third-order valence-corrected chi connectivity index (χ3v) is 2.96. The van der Waals surface area contributed by atoms with Gasteiger partial charge < -0.3 is 10.5 Å². The van der Waals surface area contributed by atoms with Gasteiger partial charge in [0.25, 0.3) is 0 Å². The minimum atomic E-state index is -0.326. The van der Waals surface area contributed by atoms with Crippen molar-refractivity contribution < 1.29 is 9.13 Å². The Kier molecular flexibility index (Phi) is 3.93. The Labute approximate surface area is 113 Å². The molecule has 0 fully saturated rings. The summed E-state index contributed by atoms with van der Waals surface area (Å²) in [5.41, 5.74) is 6.50. The summed E-state index contributed by atoms with van der Waals surface area (Å²) in [7, 11) is 0. The second-order valence-electron chi connectivity index (χ2n) is 3.89. The average molecular weight is 311 g/mol. The van der Waals surface area contributed by atoms with Crippen molar-refractivity contribution in [3.63, 3.8) is 0 Å². The number of rotatable bonds is 3. The highest BCUT2D eigenvalue weighted by Crippen LogP contribution is 2.26. The number of benzene rings is 1. The van der Waals surface area contributed by atoms with Crippen LogP contribution in [-0.4, -0.2) is 4.98 Å². The second kappa shape index (κ2) is 5.46. The molecule has 0 aliphatic carbocycles. The van der Waals surface area contributed by atoms with Gasteiger partial charge in [0.1, 0.15) is 17.3 Å². The van der Waals surface area contributed by atoms with Gasteiger partial charge in [0, 0.05) is 6.04 Å². The van der Waals surface area contributed by atoms with Crippen LogP contribution in [0.5, 0.6) is 11.5 Å². The standard InChI is InChI=1S/C13H12BrFN2O/c1-8(16)13-5-3-10(7-17-13)18-9-2-4-12(15)11(14)6-9/h2-8H,16H2,1H3/t8-/m0/s1. The zero-order chi connectivity index (χ0) is 13.1. The largest absolute Gasteiger partial charge is 0.456 e. The first-order chi connectivity index (χ1) is 8.56. The van der Waals surface area contributed by atoms with Crippen LogP contribution in [0.4, 0.5) is 4.39 Å². The minimum Gasteiger partial charge on any atom is -0.456 e. The van der Waals surface area contributed by atoms with Crippen molar-refractivity contribution in [2.24, 2.45) is 5.73 Å². The van der Waals surface area contributed by atoms with E-state index in [4.69, 9.17) is 10.5 Å². The molecule has 94 valence electrons. The van der Waals surface area contributed by atoms with Crippen LogP contribution >= 0.6 is 15.9 Å². The smallest absolute Gasteiger partial charge is 0.145 e. The van der Waals surface area contributed by atoms with Gasteiger partial charge in [-0.2, -0.15) is 0 Å². The van der Waals surface area contributed by atoms with E-state index in [9.17, 15) is 4.39 Å². The van der Waals surface area contributed by atoms with E-state index in [0.29, 0.717) is 16.0 Å². The predicted molar refractivity (Wildman–Crippen MR) is 71.0 cm³/mol. The third kappa shape index (κ3) is 3.05. The SMILES string of the molecule is C[C@H](N)c1ccc(Oc2ccc(F)c(Br)c2)cn1. The fraction of sp³-hybridized carbons (Fsp3) is 0.154. The number of ether oxygens (including phenoxy) is 1. The van der Waals surface area contributed by atoms with Crippen LogP contribution in [0, 0.1) is 5.82 Å². The summed E-state index contributed by atoms with van der Waals surface area (Å²) in [6, 6.07) is 7.93. The van der Waals surface area contributed by atoms with Gasteiger partial charge in [0.05, 0.1) is 16.4 Å². The highest BCUT2D eigenvalue weighted by Gasteiger charge is 2.04. The number of nitrogens with two attached hydrogens (primary N) is 1. The molecular formula is C13H12BrFN2O. The van der Waals surface area contributed by atoms with Crippen LogP contribution in [0.3, 0.4) is 0 Å². The molecule has 1 aromatic heterocycles. The van der Waals surface area contributed by atoms with E-state index >= 15 is 0 Å². The molecule has 3 nitrogen and oxygen atoms in total. The molecule has 0 spiro atoms. The number of aromatic nitrogens is 1. The first kappa shape index (κ1) is 13.0. The van der Waals surface area contributed by atoms with Crippen LogP contribution in [-0.2, 0) is 0 Å². The van der Waals surface area contributed by atoms with Gasteiger partial charge in [0.2, 0.25) is 0 Å². The number of pyridine rings is 1. The molecule has 5 heteroatoms. The molecule has 1 atom stereocenters. The maximum Gasteiger partial charge on any atom is 0.145 e. The van der Waals surface area contributed by atoms with E-state index in [1.807, 2.05) is 6.92 Å². The van der Waals surface area contributed by atoms with Crippen molar-refractivity contribution in [2.75, 3.05) is 0 Å². The zero-order valence-corrected chi connectivity index (χ0v) is 11.3. The van der Waals surface area contributed by atoms with Crippen LogP contribution in [0.15, 0.2) is 41.0 Å². The molecule has 2 aromatic rings. The zero-order valence-electron chi connectivity index (χ0n) is 9.73. The highest BCUT2D eigenvalue weighted by molar-refractivity contribution is 9.10. The maximum atomic E-state index is 13.1. The Balaban J connectivity index is 2.15. The molecule has 0 bridgehead atoms. The van der Waals surface area contributed by atoms with Gasteiger partial charge in [-0.15, -0.1) is 0 Å². The summed E-state index contributed by atoms with van der Waals surface area (Å²) >= 11 is 3.10. The van der Waals surface area contributed by atoms with E-state index in [1.54, 1.807) is 30.5 Å². The molecule has 18 heavy (non-hydrogen) atoms. The summed E-state index contributed by atoms with van der Waals surface area (Å²) in [5, 5.41) is 0. The molecule has 2 rings (SSSR count). The van der Waals surface area contributed by atoms with Crippen LogP contribution < -0.4 is 10.5 Å². The maximum absolute atomic E-state index is 13.1. The Morgan fingerprint density at radius 3 is 2.56 bits per heavy atom. The number of hydrogen-bond acceptors (Lipinski definition) is 3. The van der Waals surface area contributed by atoms with E-state index in [0.717, 1.165) is 5.69 Å². The van der Waals surface area contributed by atoms with Crippen molar-refractivity contribution in [1.82, 2.24) is 4.98 Å². The number of nitrogens with zero attached hydrogens (tertiary/aromatic N) is 1. The summed E-state index contributed by atoms with van der Waals surface area (Å²) < 4.78 is 19.0. The summed E-state index contributed by atoms with van der Waals surface area (Å²) in [4.78, 5) is 4.18. The van der Waals surface area contributed by atoms with Crippen molar-refractivity contribution >= 4 is 15.9 Å². The number of hydrogen-bond donors (Lipinski definition) is 1. The monoisotopic (exact) mass is 310 g/mol. The van der Waals surface area contributed by atoms with E-state index in [-0.39, 0.29) is 11.9 Å². The van der Waals surface area contributed by atoms with Gasteiger partial charge in [-0.1, -0.05) is 0 Å². The Hall–Kier alpha value is -1.46. The predicted octanol–water partition coefficient (Wildman–Crippen LogP) is 3.80. The topological polar surface area (TPSA) is 48.1 Å². The molecule has 1 aromatic carbocycles. The van der Waals surface area contributed by atoms with Crippen molar-refractivity contribution in [3.8, 4) is 11.5 Å². The lowest BCUT2D eigenvalue weighted by Crippen LogP contribution is -2.06. The lowest BCUT2D eigenvalue weighted by molar-refractivity contribution is 0.476. The molecule has 0 unspecified atom stereocenters.